The summed E-state index contributed by atoms with van der Waals surface area (Å²) in [5.41, 5.74) is 14.6. The normalized spacial score (nSPS) is 13.0. The second-order valence-electron chi connectivity index (χ2n) is 17.2. The van der Waals surface area contributed by atoms with Crippen LogP contribution in [0.2, 0.25) is 0 Å². The van der Waals surface area contributed by atoms with Gasteiger partial charge >= 0.3 is 0 Å². The summed E-state index contributed by atoms with van der Waals surface area (Å²) in [7, 11) is 0. The van der Waals surface area contributed by atoms with Gasteiger partial charge in [0.25, 0.3) is 0 Å². The van der Waals surface area contributed by atoms with Crippen LogP contribution in [0.15, 0.2) is 215 Å². The van der Waals surface area contributed by atoms with E-state index in [1.54, 1.807) is 0 Å². The quantitative estimate of drug-likeness (QED) is 0.168. The number of rotatable bonds is 6. The summed E-state index contributed by atoms with van der Waals surface area (Å²) >= 11 is 0. The van der Waals surface area contributed by atoms with Crippen LogP contribution in [0.4, 0.5) is 34.1 Å². The standard InChI is InChI=1S/C59H40N2O2/c1-59(2)48-36-52(61(38-21-7-4-8-22-38)50-32-18-30-46-42-26-14-16-34-54(42)63-58(46)50)39-23-9-11-27-43(39)55(48)47-35-51(40-24-10-12-28-44(40)56(47)59)60(37-19-5-3-6-20-37)49-31-17-29-45-41-25-13-15-33-53(41)62-57(45)49/h3-36H,1-2H3. The molecule has 0 radical (unpaired) electrons. The first-order valence-corrected chi connectivity index (χ1v) is 21.7. The summed E-state index contributed by atoms with van der Waals surface area (Å²) in [6, 6.07) is 74.0. The molecule has 1 aliphatic rings. The summed E-state index contributed by atoms with van der Waals surface area (Å²) in [6.45, 7) is 4.80. The van der Waals surface area contributed by atoms with E-state index in [2.05, 4.69) is 218 Å². The van der Waals surface area contributed by atoms with E-state index in [0.29, 0.717) is 0 Å². The molecule has 1 aliphatic carbocycles. The topological polar surface area (TPSA) is 32.8 Å². The maximum atomic E-state index is 6.76. The summed E-state index contributed by atoms with van der Waals surface area (Å²) in [5, 5.41) is 9.22. The molecule has 10 aromatic carbocycles. The van der Waals surface area contributed by atoms with Gasteiger partial charge in [0.2, 0.25) is 0 Å². The lowest BCUT2D eigenvalue weighted by atomic mass is 9.79. The summed E-state index contributed by atoms with van der Waals surface area (Å²) in [6.07, 6.45) is 0. The lowest BCUT2D eigenvalue weighted by Crippen LogP contribution is -2.18. The number of hydrogen-bond donors (Lipinski definition) is 0. The minimum atomic E-state index is -0.356. The van der Waals surface area contributed by atoms with Crippen molar-refractivity contribution in [1.82, 2.24) is 0 Å². The fourth-order valence-corrected chi connectivity index (χ4v) is 10.7. The van der Waals surface area contributed by atoms with Crippen molar-refractivity contribution in [3.63, 3.8) is 0 Å². The van der Waals surface area contributed by atoms with Crippen LogP contribution in [0.3, 0.4) is 0 Å². The molecule has 2 heterocycles. The highest BCUT2D eigenvalue weighted by atomic mass is 16.3. The van der Waals surface area contributed by atoms with Crippen molar-refractivity contribution in [2.45, 2.75) is 19.3 Å². The van der Waals surface area contributed by atoms with E-state index in [9.17, 15) is 0 Å². The maximum Gasteiger partial charge on any atom is 0.159 e. The fraction of sp³-hybridized carbons (Fsp3) is 0.0508. The molecule has 0 amide bonds. The molecule has 0 spiro atoms. The molecule has 0 fully saturated rings. The van der Waals surface area contributed by atoms with Gasteiger partial charge in [-0.3, -0.25) is 0 Å². The van der Waals surface area contributed by atoms with Crippen LogP contribution in [0, 0.1) is 0 Å². The second kappa shape index (κ2) is 13.5. The molecule has 63 heavy (non-hydrogen) atoms. The van der Waals surface area contributed by atoms with Crippen molar-refractivity contribution in [2.75, 3.05) is 9.80 Å². The van der Waals surface area contributed by atoms with Crippen molar-refractivity contribution in [2.24, 2.45) is 0 Å². The number of benzene rings is 10. The number of para-hydroxylation sites is 6. The van der Waals surface area contributed by atoms with E-state index in [0.717, 1.165) is 78.0 Å². The smallest absolute Gasteiger partial charge is 0.159 e. The Morgan fingerprint density at radius 2 is 0.762 bits per heavy atom. The van der Waals surface area contributed by atoms with Crippen LogP contribution in [-0.4, -0.2) is 0 Å². The first-order valence-electron chi connectivity index (χ1n) is 21.7. The molecular formula is C59H40N2O2. The van der Waals surface area contributed by atoms with Gasteiger partial charge in [-0.05, 0) is 93.7 Å². The van der Waals surface area contributed by atoms with Crippen LogP contribution < -0.4 is 9.80 Å². The van der Waals surface area contributed by atoms with Crippen LogP contribution in [0.1, 0.15) is 25.0 Å². The van der Waals surface area contributed by atoms with Crippen molar-refractivity contribution in [3.8, 4) is 11.1 Å². The van der Waals surface area contributed by atoms with Crippen molar-refractivity contribution in [1.29, 1.82) is 0 Å². The van der Waals surface area contributed by atoms with Crippen molar-refractivity contribution in [3.05, 3.63) is 217 Å². The molecule has 0 atom stereocenters. The van der Waals surface area contributed by atoms with Gasteiger partial charge in [-0.15, -0.1) is 0 Å². The highest BCUT2D eigenvalue weighted by molar-refractivity contribution is 6.18. The molecular weight excluding hydrogens is 769 g/mol. The van der Waals surface area contributed by atoms with Gasteiger partial charge in [-0.2, -0.15) is 0 Å². The minimum absolute atomic E-state index is 0.356. The molecule has 2 aromatic heterocycles. The molecule has 0 bridgehead atoms. The van der Waals surface area contributed by atoms with Crippen LogP contribution in [-0.2, 0) is 5.41 Å². The Morgan fingerprint density at radius 3 is 1.30 bits per heavy atom. The third-order valence-electron chi connectivity index (χ3n) is 13.4. The summed E-state index contributed by atoms with van der Waals surface area (Å²) in [4.78, 5) is 4.81. The van der Waals surface area contributed by atoms with E-state index < -0.39 is 0 Å². The van der Waals surface area contributed by atoms with Gasteiger partial charge < -0.3 is 18.6 Å². The second-order valence-corrected chi connectivity index (χ2v) is 17.2. The Morgan fingerprint density at radius 1 is 0.349 bits per heavy atom. The highest BCUT2D eigenvalue weighted by Gasteiger charge is 2.40. The third kappa shape index (κ3) is 5.15. The maximum absolute atomic E-state index is 6.76. The lowest BCUT2D eigenvalue weighted by molar-refractivity contribution is 0.666. The number of anilines is 6. The predicted octanol–water partition coefficient (Wildman–Crippen LogP) is 17.0. The number of furan rings is 2. The van der Waals surface area contributed by atoms with Crippen LogP contribution in [0.25, 0.3) is 76.5 Å². The molecule has 298 valence electrons. The first kappa shape index (κ1) is 35.7. The zero-order valence-corrected chi connectivity index (χ0v) is 34.8. The van der Waals surface area contributed by atoms with Gasteiger partial charge in [-0.25, -0.2) is 0 Å². The first-order chi connectivity index (χ1) is 31.0. The third-order valence-corrected chi connectivity index (χ3v) is 13.4. The zero-order valence-electron chi connectivity index (χ0n) is 34.8. The van der Waals surface area contributed by atoms with Gasteiger partial charge in [0.05, 0.1) is 22.7 Å². The molecule has 12 aromatic rings. The Bertz CT molecular complexity index is 3790. The zero-order chi connectivity index (χ0) is 41.8. The molecule has 0 saturated heterocycles. The number of hydrogen-bond acceptors (Lipinski definition) is 4. The molecule has 0 unspecified atom stereocenters. The predicted molar refractivity (Wildman–Crippen MR) is 263 cm³/mol. The number of nitrogens with zero attached hydrogens (tertiary/aromatic N) is 2. The molecule has 0 N–H and O–H groups in total. The molecule has 0 aliphatic heterocycles. The minimum Gasteiger partial charge on any atom is -0.454 e. The summed E-state index contributed by atoms with van der Waals surface area (Å²) < 4.78 is 13.5. The average molecular weight is 809 g/mol. The van der Waals surface area contributed by atoms with Crippen LogP contribution in [0.5, 0.6) is 0 Å². The summed E-state index contributed by atoms with van der Waals surface area (Å²) in [5.74, 6) is 0. The van der Waals surface area contributed by atoms with E-state index in [4.69, 9.17) is 8.83 Å². The van der Waals surface area contributed by atoms with Crippen LogP contribution >= 0.6 is 0 Å². The average Bonchev–Trinajstić information content (AvgIpc) is 3.98. The molecule has 4 nitrogen and oxygen atoms in total. The Labute approximate surface area is 364 Å². The molecule has 0 saturated carbocycles. The van der Waals surface area contributed by atoms with Gasteiger partial charge in [0.1, 0.15) is 11.2 Å². The monoisotopic (exact) mass is 808 g/mol. The van der Waals surface area contributed by atoms with E-state index in [-0.39, 0.29) is 5.41 Å². The Balaban J connectivity index is 1.10. The SMILES string of the molecule is CC1(C)c2cc(N(c3ccccc3)c3cccc4c3oc3ccccc34)c3ccccc3c2-c2cc(N(c3ccccc3)c3cccc4c3oc3ccccc34)c3ccccc3c21. The Kier molecular flexibility index (Phi) is 7.62. The lowest BCUT2D eigenvalue weighted by Gasteiger charge is -2.30. The van der Waals surface area contributed by atoms with Crippen molar-refractivity contribution < 1.29 is 8.83 Å². The fourth-order valence-electron chi connectivity index (χ4n) is 10.7. The number of fused-ring (bicyclic) bond motifs is 13. The van der Waals surface area contributed by atoms with E-state index in [1.807, 2.05) is 12.1 Å². The van der Waals surface area contributed by atoms with Crippen molar-refractivity contribution >= 4 is 99.5 Å². The Hall–Kier alpha value is -8.08. The molecule has 4 heteroatoms. The van der Waals surface area contributed by atoms with E-state index in [1.165, 1.54) is 43.8 Å². The van der Waals surface area contributed by atoms with Gasteiger partial charge in [0.15, 0.2) is 11.2 Å². The highest BCUT2D eigenvalue weighted by Crippen LogP contribution is 2.59. The van der Waals surface area contributed by atoms with Gasteiger partial charge in [-0.1, -0.05) is 159 Å². The van der Waals surface area contributed by atoms with E-state index >= 15 is 0 Å². The molecule has 13 rings (SSSR count). The van der Waals surface area contributed by atoms with Gasteiger partial charge in [0, 0.05) is 49.1 Å². The largest absolute Gasteiger partial charge is 0.454 e.